The molecule has 0 radical (unpaired) electrons. The smallest absolute Gasteiger partial charge is 0.310 e. The van der Waals surface area contributed by atoms with Gasteiger partial charge in [0.1, 0.15) is 12.3 Å². The summed E-state index contributed by atoms with van der Waals surface area (Å²) in [5.74, 6) is -1.68. The fourth-order valence-electron chi connectivity index (χ4n) is 3.38. The van der Waals surface area contributed by atoms with Crippen LogP contribution in [0.15, 0.2) is 48.5 Å². The highest BCUT2D eigenvalue weighted by Crippen LogP contribution is 2.35. The lowest BCUT2D eigenvalue weighted by Crippen LogP contribution is -2.47. The van der Waals surface area contributed by atoms with E-state index in [-0.39, 0.29) is 43.4 Å². The van der Waals surface area contributed by atoms with Crippen LogP contribution in [0.5, 0.6) is 5.75 Å². The first-order valence-corrected chi connectivity index (χ1v) is 9.91. The summed E-state index contributed by atoms with van der Waals surface area (Å²) in [7, 11) is 1.28. The Hall–Kier alpha value is -3.95. The fourth-order valence-corrected chi connectivity index (χ4v) is 3.38. The number of fused-ring (bicyclic) bond motifs is 1. The number of benzene rings is 2. The average molecular weight is 441 g/mol. The Morgan fingerprint density at radius 2 is 1.97 bits per heavy atom. The lowest BCUT2D eigenvalue weighted by atomic mass is 10.1. The number of methoxy groups -OCH3 is 1. The van der Waals surface area contributed by atoms with Crippen molar-refractivity contribution in [1.82, 2.24) is 4.90 Å². The number of hydrogen-bond acceptors (Lipinski definition) is 7. The molecule has 0 aromatic heterocycles. The Balaban J connectivity index is 1.86. The molecule has 2 aromatic rings. The Morgan fingerprint density at radius 3 is 2.62 bits per heavy atom. The van der Waals surface area contributed by atoms with Crippen LogP contribution >= 0.6 is 0 Å². The van der Waals surface area contributed by atoms with Crippen LogP contribution in [0.3, 0.4) is 0 Å². The highest BCUT2D eigenvalue weighted by Gasteiger charge is 2.31. The second-order valence-electron chi connectivity index (χ2n) is 7.36. The predicted molar refractivity (Wildman–Crippen MR) is 114 cm³/mol. The van der Waals surface area contributed by atoms with Crippen molar-refractivity contribution in [3.63, 3.8) is 0 Å². The fraction of sp³-hybridized carbons (Fsp3) is 0.318. The maximum Gasteiger partial charge on any atom is 0.310 e. The first kappa shape index (κ1) is 22.7. The highest BCUT2D eigenvalue weighted by molar-refractivity contribution is 6.02. The van der Waals surface area contributed by atoms with E-state index in [0.29, 0.717) is 0 Å². The molecule has 1 atom stereocenters. The second kappa shape index (κ2) is 9.90. The van der Waals surface area contributed by atoms with Crippen molar-refractivity contribution in [3.05, 3.63) is 64.2 Å². The molecular weight excluding hydrogens is 418 g/mol. The van der Waals surface area contributed by atoms with Crippen molar-refractivity contribution in [2.24, 2.45) is 5.92 Å². The van der Waals surface area contributed by atoms with Crippen LogP contribution in [0.4, 0.5) is 11.4 Å². The van der Waals surface area contributed by atoms with Gasteiger partial charge in [0.15, 0.2) is 6.61 Å². The zero-order valence-corrected chi connectivity index (χ0v) is 17.7. The number of nitro benzene ring substituents is 1. The predicted octanol–water partition coefficient (Wildman–Crippen LogP) is 2.16. The second-order valence-corrected chi connectivity index (χ2v) is 7.36. The van der Waals surface area contributed by atoms with E-state index in [1.54, 1.807) is 6.92 Å². The summed E-state index contributed by atoms with van der Waals surface area (Å²) in [6.07, 6.45) is 0. The molecule has 0 bridgehead atoms. The first-order chi connectivity index (χ1) is 15.3. The van der Waals surface area contributed by atoms with Gasteiger partial charge in [-0.1, -0.05) is 37.3 Å². The van der Waals surface area contributed by atoms with Crippen LogP contribution in [0.25, 0.3) is 0 Å². The van der Waals surface area contributed by atoms with E-state index in [2.05, 4.69) is 0 Å². The molecule has 2 amide bonds. The summed E-state index contributed by atoms with van der Waals surface area (Å²) in [6, 6.07) is 13.1. The summed E-state index contributed by atoms with van der Waals surface area (Å²) < 4.78 is 10.1. The van der Waals surface area contributed by atoms with Gasteiger partial charge in [0, 0.05) is 25.2 Å². The van der Waals surface area contributed by atoms with Crippen molar-refractivity contribution < 1.29 is 28.8 Å². The molecule has 0 saturated carbocycles. The molecule has 1 aliphatic rings. The molecule has 0 N–H and O–H groups in total. The number of amides is 2. The topological polar surface area (TPSA) is 119 Å². The lowest BCUT2D eigenvalue weighted by Gasteiger charge is -2.32. The van der Waals surface area contributed by atoms with E-state index in [9.17, 15) is 24.5 Å². The molecule has 1 unspecified atom stereocenters. The summed E-state index contributed by atoms with van der Waals surface area (Å²) in [4.78, 5) is 50.9. The summed E-state index contributed by atoms with van der Waals surface area (Å²) in [5, 5.41) is 11.2. The minimum absolute atomic E-state index is 0.0841. The molecule has 0 aliphatic carbocycles. The van der Waals surface area contributed by atoms with E-state index >= 15 is 0 Å². The van der Waals surface area contributed by atoms with Crippen LogP contribution < -0.4 is 9.64 Å². The maximum absolute atomic E-state index is 13.2. The molecule has 0 spiro atoms. The zero-order valence-electron chi connectivity index (χ0n) is 17.7. The van der Waals surface area contributed by atoms with Gasteiger partial charge in [-0.15, -0.1) is 0 Å². The minimum atomic E-state index is -0.584. The Bertz CT molecular complexity index is 1030. The largest absolute Gasteiger partial charge is 0.482 e. The number of esters is 1. The van der Waals surface area contributed by atoms with Gasteiger partial charge in [0.25, 0.3) is 11.6 Å². The van der Waals surface area contributed by atoms with Crippen molar-refractivity contribution in [1.29, 1.82) is 0 Å². The molecule has 10 heteroatoms. The molecular formula is C22H23N3O7. The normalized spacial score (nSPS) is 13.6. The molecule has 0 saturated heterocycles. The molecule has 1 aliphatic heterocycles. The third-order valence-corrected chi connectivity index (χ3v) is 5.06. The van der Waals surface area contributed by atoms with Crippen LogP contribution in [0, 0.1) is 16.0 Å². The van der Waals surface area contributed by atoms with Gasteiger partial charge in [-0.2, -0.15) is 0 Å². The third kappa shape index (κ3) is 5.20. The monoisotopic (exact) mass is 441 g/mol. The Labute approximate surface area is 184 Å². The van der Waals surface area contributed by atoms with Gasteiger partial charge >= 0.3 is 5.97 Å². The van der Waals surface area contributed by atoms with E-state index < -0.39 is 28.6 Å². The van der Waals surface area contributed by atoms with Crippen LogP contribution in [-0.4, -0.2) is 54.4 Å². The van der Waals surface area contributed by atoms with Crippen LogP contribution in [-0.2, 0) is 25.7 Å². The van der Waals surface area contributed by atoms with Gasteiger partial charge in [0.2, 0.25) is 5.91 Å². The van der Waals surface area contributed by atoms with Gasteiger partial charge in [0.05, 0.1) is 23.6 Å². The van der Waals surface area contributed by atoms with Gasteiger partial charge in [-0.3, -0.25) is 29.4 Å². The van der Waals surface area contributed by atoms with E-state index in [1.165, 1.54) is 35.1 Å². The number of carbonyl (C=O) groups is 3. The molecule has 0 fully saturated rings. The zero-order chi connectivity index (χ0) is 23.3. The number of ether oxygens (including phenoxy) is 2. The average Bonchev–Trinajstić information content (AvgIpc) is 2.80. The standard InChI is InChI=1S/C22H23N3O7/c1-15(22(28)31-2)11-23(12-16-6-4-3-5-7-16)20(26)13-24-18-10-17(25(29)30)8-9-19(18)32-14-21(24)27/h3-10,15H,11-14H2,1-2H3. The van der Waals surface area contributed by atoms with E-state index in [4.69, 9.17) is 9.47 Å². The molecule has 168 valence electrons. The number of nitro groups is 1. The van der Waals surface area contributed by atoms with Crippen molar-refractivity contribution in [2.75, 3.05) is 31.7 Å². The van der Waals surface area contributed by atoms with Gasteiger partial charge in [-0.25, -0.2) is 0 Å². The van der Waals surface area contributed by atoms with Crippen LogP contribution in [0.1, 0.15) is 12.5 Å². The summed E-state index contributed by atoms with van der Waals surface area (Å²) in [6.45, 7) is 1.32. The Kier molecular flexibility index (Phi) is 7.04. The quantitative estimate of drug-likeness (QED) is 0.350. The molecule has 2 aromatic carbocycles. The van der Waals surface area contributed by atoms with Crippen molar-refractivity contribution in [3.8, 4) is 5.75 Å². The number of nitrogens with zero attached hydrogens (tertiary/aromatic N) is 3. The lowest BCUT2D eigenvalue weighted by molar-refractivity contribution is -0.384. The first-order valence-electron chi connectivity index (χ1n) is 9.91. The van der Waals surface area contributed by atoms with Crippen molar-refractivity contribution >= 4 is 29.2 Å². The van der Waals surface area contributed by atoms with Gasteiger partial charge in [-0.05, 0) is 11.6 Å². The van der Waals surface area contributed by atoms with Gasteiger partial charge < -0.3 is 14.4 Å². The van der Waals surface area contributed by atoms with E-state index in [1.807, 2.05) is 30.3 Å². The molecule has 3 rings (SSSR count). The number of rotatable bonds is 8. The van der Waals surface area contributed by atoms with Crippen LogP contribution in [0.2, 0.25) is 0 Å². The number of anilines is 1. The van der Waals surface area contributed by atoms with E-state index in [0.717, 1.165) is 5.56 Å². The third-order valence-electron chi connectivity index (χ3n) is 5.06. The maximum atomic E-state index is 13.2. The molecule has 32 heavy (non-hydrogen) atoms. The molecule has 10 nitrogen and oxygen atoms in total. The molecule has 1 heterocycles. The summed E-state index contributed by atoms with van der Waals surface area (Å²) in [5.41, 5.74) is 0.784. The highest BCUT2D eigenvalue weighted by atomic mass is 16.6. The SMILES string of the molecule is COC(=O)C(C)CN(Cc1ccccc1)C(=O)CN1C(=O)COc2ccc([N+](=O)[O-])cc21. The minimum Gasteiger partial charge on any atom is -0.482 e. The Morgan fingerprint density at radius 1 is 1.25 bits per heavy atom. The number of hydrogen-bond donors (Lipinski definition) is 0. The number of carbonyl (C=O) groups excluding carboxylic acids is 3. The number of non-ortho nitro benzene ring substituents is 1. The summed E-state index contributed by atoms with van der Waals surface area (Å²) >= 11 is 0. The van der Waals surface area contributed by atoms with Crippen molar-refractivity contribution in [2.45, 2.75) is 13.5 Å².